The summed E-state index contributed by atoms with van der Waals surface area (Å²) in [5.41, 5.74) is 2.14. The Kier molecular flexibility index (Phi) is 3.94. The number of nitrogens with one attached hydrogen (secondary N) is 1. The highest BCUT2D eigenvalue weighted by atomic mass is 32.1. The van der Waals surface area contributed by atoms with Crippen LogP contribution in [0.4, 0.5) is 5.00 Å². The zero-order valence-electron chi connectivity index (χ0n) is 15.2. The summed E-state index contributed by atoms with van der Waals surface area (Å²) in [6, 6.07) is 13.6. The second-order valence-electron chi connectivity index (χ2n) is 6.82. The number of benzene rings is 2. The highest BCUT2D eigenvalue weighted by Crippen LogP contribution is 2.40. The highest BCUT2D eigenvalue weighted by Gasteiger charge is 2.28. The minimum atomic E-state index is -0.412. The summed E-state index contributed by atoms with van der Waals surface area (Å²) in [5.74, 6) is -0.564. The van der Waals surface area contributed by atoms with Gasteiger partial charge in [0, 0.05) is 10.3 Å². The predicted octanol–water partition coefficient (Wildman–Crippen LogP) is 5.18. The first-order valence-electron chi connectivity index (χ1n) is 9.11. The van der Waals surface area contributed by atoms with Crippen molar-refractivity contribution in [3.63, 3.8) is 0 Å². The number of carbonyl (C=O) groups excluding carboxylic acids is 2. The van der Waals surface area contributed by atoms with Crippen molar-refractivity contribution in [2.45, 2.75) is 19.3 Å². The van der Waals surface area contributed by atoms with Gasteiger partial charge in [0.2, 0.25) is 0 Å². The van der Waals surface area contributed by atoms with Crippen molar-refractivity contribution in [1.29, 1.82) is 0 Å². The van der Waals surface area contributed by atoms with E-state index in [9.17, 15) is 9.59 Å². The summed E-state index contributed by atoms with van der Waals surface area (Å²) in [4.78, 5) is 26.3. The Morgan fingerprint density at radius 2 is 1.96 bits per heavy atom. The number of ether oxygens (including phenoxy) is 1. The molecule has 6 heteroatoms. The maximum Gasteiger partial charge on any atom is 0.341 e. The molecule has 28 heavy (non-hydrogen) atoms. The van der Waals surface area contributed by atoms with Crippen LogP contribution in [0.3, 0.4) is 0 Å². The third kappa shape index (κ3) is 2.60. The van der Waals surface area contributed by atoms with Crippen molar-refractivity contribution in [2.24, 2.45) is 0 Å². The number of aryl methyl sites for hydroxylation is 1. The Morgan fingerprint density at radius 1 is 1.11 bits per heavy atom. The van der Waals surface area contributed by atoms with Crippen LogP contribution in [0.25, 0.3) is 21.7 Å². The molecule has 0 spiro atoms. The van der Waals surface area contributed by atoms with Crippen molar-refractivity contribution in [2.75, 3.05) is 12.4 Å². The van der Waals surface area contributed by atoms with Gasteiger partial charge >= 0.3 is 5.97 Å². The van der Waals surface area contributed by atoms with Crippen LogP contribution in [0.15, 0.2) is 46.9 Å². The van der Waals surface area contributed by atoms with Gasteiger partial charge in [0.15, 0.2) is 5.76 Å². The number of thiophene rings is 1. The van der Waals surface area contributed by atoms with E-state index < -0.39 is 5.97 Å². The molecule has 0 aliphatic heterocycles. The molecule has 2 heterocycles. The molecule has 1 aliphatic rings. The molecule has 0 atom stereocenters. The van der Waals surface area contributed by atoms with Crippen LogP contribution < -0.4 is 5.32 Å². The summed E-state index contributed by atoms with van der Waals surface area (Å²) in [5, 5.41) is 6.42. The average Bonchev–Trinajstić information content (AvgIpc) is 3.41. The van der Waals surface area contributed by atoms with Gasteiger partial charge in [-0.25, -0.2) is 4.79 Å². The Bertz CT molecular complexity index is 1250. The first-order valence-corrected chi connectivity index (χ1v) is 9.93. The number of furan rings is 1. The van der Waals surface area contributed by atoms with Gasteiger partial charge in [0.1, 0.15) is 10.6 Å². The lowest BCUT2D eigenvalue weighted by atomic mass is 10.1. The molecule has 2 aromatic carbocycles. The first kappa shape index (κ1) is 17.0. The number of amides is 1. The van der Waals surface area contributed by atoms with Gasteiger partial charge in [0.05, 0.1) is 12.7 Å². The van der Waals surface area contributed by atoms with Crippen molar-refractivity contribution >= 4 is 50.0 Å². The van der Waals surface area contributed by atoms with E-state index in [4.69, 9.17) is 9.15 Å². The Labute approximate surface area is 164 Å². The van der Waals surface area contributed by atoms with Gasteiger partial charge in [-0.15, -0.1) is 11.3 Å². The molecule has 0 saturated carbocycles. The van der Waals surface area contributed by atoms with E-state index in [0.717, 1.165) is 45.9 Å². The monoisotopic (exact) mass is 391 g/mol. The zero-order valence-corrected chi connectivity index (χ0v) is 16.0. The molecular formula is C22H17NO4S. The Morgan fingerprint density at radius 3 is 2.82 bits per heavy atom. The lowest BCUT2D eigenvalue weighted by Crippen LogP contribution is -2.14. The van der Waals surface area contributed by atoms with Crippen molar-refractivity contribution in [3.8, 4) is 0 Å². The molecule has 5 rings (SSSR count). The van der Waals surface area contributed by atoms with Crippen LogP contribution in [0.2, 0.25) is 0 Å². The van der Waals surface area contributed by atoms with Crippen LogP contribution in [0, 0.1) is 0 Å². The van der Waals surface area contributed by atoms with Crippen molar-refractivity contribution in [3.05, 3.63) is 64.2 Å². The number of hydrogen-bond acceptors (Lipinski definition) is 5. The van der Waals surface area contributed by atoms with Crippen molar-refractivity contribution < 1.29 is 18.7 Å². The third-order valence-corrected chi connectivity index (χ3v) is 6.39. The third-order valence-electron chi connectivity index (χ3n) is 5.19. The van der Waals surface area contributed by atoms with E-state index in [0.29, 0.717) is 16.1 Å². The molecule has 140 valence electrons. The second kappa shape index (κ2) is 6.49. The van der Waals surface area contributed by atoms with E-state index in [1.807, 2.05) is 36.4 Å². The van der Waals surface area contributed by atoms with E-state index in [-0.39, 0.29) is 11.7 Å². The van der Waals surface area contributed by atoms with Crippen molar-refractivity contribution in [1.82, 2.24) is 0 Å². The zero-order chi connectivity index (χ0) is 19.3. The van der Waals surface area contributed by atoms with E-state index in [2.05, 4.69) is 5.32 Å². The van der Waals surface area contributed by atoms with E-state index in [1.54, 1.807) is 6.07 Å². The molecule has 0 fully saturated rings. The van der Waals surface area contributed by atoms with Crippen LogP contribution in [0.5, 0.6) is 0 Å². The quantitative estimate of drug-likeness (QED) is 0.489. The summed E-state index contributed by atoms with van der Waals surface area (Å²) in [7, 11) is 1.36. The second-order valence-corrected chi connectivity index (χ2v) is 7.92. The maximum atomic E-state index is 12.9. The molecule has 4 aromatic rings. The summed E-state index contributed by atoms with van der Waals surface area (Å²) in [6.07, 6.45) is 2.79. The minimum Gasteiger partial charge on any atom is -0.465 e. The van der Waals surface area contributed by atoms with Gasteiger partial charge < -0.3 is 14.5 Å². The molecule has 0 saturated heterocycles. The lowest BCUT2D eigenvalue weighted by molar-refractivity contribution is 0.0601. The van der Waals surface area contributed by atoms with Gasteiger partial charge in [0.25, 0.3) is 5.91 Å². The molecule has 0 radical (unpaired) electrons. The first-order chi connectivity index (χ1) is 13.7. The molecule has 5 nitrogen and oxygen atoms in total. The number of anilines is 1. The fraction of sp³-hybridized carbons (Fsp3) is 0.182. The summed E-state index contributed by atoms with van der Waals surface area (Å²) in [6.45, 7) is 0. The molecule has 0 bridgehead atoms. The van der Waals surface area contributed by atoms with E-state index in [1.165, 1.54) is 18.4 Å². The topological polar surface area (TPSA) is 68.5 Å². The standard InChI is InChI=1S/C22H17NO4S/c1-26-22(25)19-14-7-4-8-18(14)28-21(19)23-20(24)17-11-15-13-6-3-2-5-12(13)9-10-16(15)27-17/h2-3,5-6,9-11H,4,7-8H2,1H3,(H,23,24). The van der Waals surface area contributed by atoms with Crippen LogP contribution in [0.1, 0.15) is 37.8 Å². The normalized spacial score (nSPS) is 13.0. The SMILES string of the molecule is COC(=O)c1c(NC(=O)c2cc3c(ccc4ccccc43)o2)sc2c1CCC2. The molecule has 1 aliphatic carbocycles. The van der Waals surface area contributed by atoms with E-state index >= 15 is 0 Å². The summed E-state index contributed by atoms with van der Waals surface area (Å²) >= 11 is 1.45. The number of methoxy groups -OCH3 is 1. The minimum absolute atomic E-state index is 0.218. The fourth-order valence-electron chi connectivity index (χ4n) is 3.88. The van der Waals surface area contributed by atoms with Gasteiger partial charge in [-0.2, -0.15) is 0 Å². The molecule has 0 unspecified atom stereocenters. The Hall–Kier alpha value is -3.12. The summed E-state index contributed by atoms with van der Waals surface area (Å²) < 4.78 is 10.7. The predicted molar refractivity (Wildman–Crippen MR) is 109 cm³/mol. The maximum absolute atomic E-state index is 12.9. The number of fused-ring (bicyclic) bond motifs is 4. The number of carbonyl (C=O) groups is 2. The molecular weight excluding hydrogens is 374 g/mol. The fourth-order valence-corrected chi connectivity index (χ4v) is 5.15. The average molecular weight is 391 g/mol. The lowest BCUT2D eigenvalue weighted by Gasteiger charge is -2.05. The number of hydrogen-bond donors (Lipinski definition) is 1. The number of esters is 1. The molecule has 2 aromatic heterocycles. The smallest absolute Gasteiger partial charge is 0.341 e. The van der Waals surface area contributed by atoms with Crippen LogP contribution in [-0.2, 0) is 17.6 Å². The van der Waals surface area contributed by atoms with Gasteiger partial charge in [-0.05, 0) is 47.7 Å². The van der Waals surface area contributed by atoms with Crippen LogP contribution in [-0.4, -0.2) is 19.0 Å². The molecule has 1 N–H and O–H groups in total. The van der Waals surface area contributed by atoms with Gasteiger partial charge in [-0.1, -0.05) is 30.3 Å². The Balaban J connectivity index is 1.53. The van der Waals surface area contributed by atoms with Crippen LogP contribution >= 0.6 is 11.3 Å². The number of rotatable bonds is 3. The highest BCUT2D eigenvalue weighted by molar-refractivity contribution is 7.17. The van der Waals surface area contributed by atoms with Gasteiger partial charge in [-0.3, -0.25) is 4.79 Å². The molecule has 1 amide bonds. The largest absolute Gasteiger partial charge is 0.465 e.